The Morgan fingerprint density at radius 2 is 0.865 bits per heavy atom. The molecule has 0 aromatic heterocycles. The molecular formula is C35H56O2. The standard InChI is InChI=1S/C35H56O2/c1-9-11-13-15-17-19-26-21-28(32(36)30(23-26)34(3,4)5)25-29-22-27(20-18-16-14-12-10-2)24-31(33(29)37)35(6,7)8/h21-24,36-37H,9-20,25H2,1-8H3. The second kappa shape index (κ2) is 14.3. The molecule has 2 aromatic carbocycles. The van der Waals surface area contributed by atoms with Crippen LogP contribution >= 0.6 is 0 Å². The average molecular weight is 509 g/mol. The van der Waals surface area contributed by atoms with Crippen LogP contribution in [0.25, 0.3) is 0 Å². The van der Waals surface area contributed by atoms with Gasteiger partial charge >= 0.3 is 0 Å². The van der Waals surface area contributed by atoms with E-state index in [0.717, 1.165) is 35.1 Å². The maximum absolute atomic E-state index is 11.4. The molecule has 0 unspecified atom stereocenters. The zero-order valence-electron chi connectivity index (χ0n) is 25.4. The van der Waals surface area contributed by atoms with Crippen LogP contribution in [0.4, 0.5) is 0 Å². The highest BCUT2D eigenvalue weighted by atomic mass is 16.3. The van der Waals surface area contributed by atoms with Gasteiger partial charge in [-0.1, -0.05) is 131 Å². The van der Waals surface area contributed by atoms with Crippen molar-refractivity contribution in [1.82, 2.24) is 0 Å². The van der Waals surface area contributed by atoms with E-state index in [1.807, 2.05) is 0 Å². The Bertz CT molecular complexity index is 893. The van der Waals surface area contributed by atoms with Gasteiger partial charge < -0.3 is 10.2 Å². The Balaban J connectivity index is 2.41. The predicted molar refractivity (Wildman–Crippen MR) is 161 cm³/mol. The number of aryl methyl sites for hydroxylation is 2. The van der Waals surface area contributed by atoms with Crippen LogP contribution in [-0.2, 0) is 30.1 Å². The maximum atomic E-state index is 11.4. The molecule has 0 spiro atoms. The Hall–Kier alpha value is -1.96. The topological polar surface area (TPSA) is 40.5 Å². The molecule has 2 rings (SSSR count). The molecule has 0 aliphatic carbocycles. The lowest BCUT2D eigenvalue weighted by Gasteiger charge is -2.25. The summed E-state index contributed by atoms with van der Waals surface area (Å²) >= 11 is 0. The van der Waals surface area contributed by atoms with Gasteiger partial charge in [-0.05, 0) is 69.9 Å². The van der Waals surface area contributed by atoms with E-state index in [1.54, 1.807) is 0 Å². The summed E-state index contributed by atoms with van der Waals surface area (Å²) in [6.45, 7) is 17.5. The smallest absolute Gasteiger partial charge is 0.122 e. The second-order valence-corrected chi connectivity index (χ2v) is 13.3. The zero-order chi connectivity index (χ0) is 27.6. The lowest BCUT2D eigenvalue weighted by Crippen LogP contribution is -2.14. The first kappa shape index (κ1) is 31.3. The molecule has 2 heteroatoms. The number of phenols is 2. The van der Waals surface area contributed by atoms with Crippen molar-refractivity contribution in [2.24, 2.45) is 0 Å². The summed E-state index contributed by atoms with van der Waals surface area (Å²) in [6.07, 6.45) is 15.2. The predicted octanol–water partition coefficient (Wildman–Crippen LogP) is 10.3. The van der Waals surface area contributed by atoms with E-state index in [2.05, 4.69) is 79.7 Å². The Labute approximate surface area is 228 Å². The molecular weight excluding hydrogens is 452 g/mol. The molecule has 37 heavy (non-hydrogen) atoms. The van der Waals surface area contributed by atoms with Crippen LogP contribution < -0.4 is 0 Å². The van der Waals surface area contributed by atoms with Gasteiger partial charge in [-0.15, -0.1) is 0 Å². The third-order valence-corrected chi connectivity index (χ3v) is 7.63. The number of phenolic OH excluding ortho intramolecular Hbond substituents is 2. The summed E-state index contributed by atoms with van der Waals surface area (Å²) in [5.74, 6) is 0.785. The van der Waals surface area contributed by atoms with E-state index >= 15 is 0 Å². The van der Waals surface area contributed by atoms with Gasteiger partial charge in [0.05, 0.1) is 0 Å². The van der Waals surface area contributed by atoms with Gasteiger partial charge in [-0.25, -0.2) is 0 Å². The molecule has 0 saturated carbocycles. The lowest BCUT2D eigenvalue weighted by molar-refractivity contribution is 0.435. The van der Waals surface area contributed by atoms with E-state index in [1.165, 1.54) is 75.3 Å². The van der Waals surface area contributed by atoms with Crippen LogP contribution in [0.3, 0.4) is 0 Å². The van der Waals surface area contributed by atoms with Crippen LogP contribution in [0.1, 0.15) is 153 Å². The number of unbranched alkanes of at least 4 members (excludes halogenated alkanes) is 8. The quantitative estimate of drug-likeness (QED) is 0.249. The fraction of sp³-hybridized carbons (Fsp3) is 0.657. The SMILES string of the molecule is CCCCCCCc1cc(Cc2cc(CCCCCCC)cc(C(C)(C)C)c2O)c(O)c(C(C)(C)C)c1. The number of rotatable bonds is 14. The van der Waals surface area contributed by atoms with Crippen molar-refractivity contribution in [3.05, 3.63) is 57.6 Å². The van der Waals surface area contributed by atoms with Gasteiger partial charge in [-0.2, -0.15) is 0 Å². The summed E-state index contributed by atoms with van der Waals surface area (Å²) in [6, 6.07) is 8.81. The molecule has 2 N–H and O–H groups in total. The van der Waals surface area contributed by atoms with Crippen molar-refractivity contribution in [3.8, 4) is 11.5 Å². The van der Waals surface area contributed by atoms with Crippen LogP contribution in [0.5, 0.6) is 11.5 Å². The molecule has 0 fully saturated rings. The molecule has 0 heterocycles. The monoisotopic (exact) mass is 508 g/mol. The van der Waals surface area contributed by atoms with E-state index in [4.69, 9.17) is 0 Å². The van der Waals surface area contributed by atoms with Gasteiger partial charge in [0.2, 0.25) is 0 Å². The van der Waals surface area contributed by atoms with Crippen molar-refractivity contribution >= 4 is 0 Å². The minimum atomic E-state index is -0.143. The normalized spacial score (nSPS) is 12.3. The van der Waals surface area contributed by atoms with Gasteiger partial charge in [0.15, 0.2) is 0 Å². The molecule has 0 bridgehead atoms. The van der Waals surface area contributed by atoms with Crippen molar-refractivity contribution in [2.75, 3.05) is 0 Å². The molecule has 0 aliphatic heterocycles. The van der Waals surface area contributed by atoms with Crippen molar-refractivity contribution in [2.45, 2.75) is 150 Å². The molecule has 2 aromatic rings. The lowest BCUT2D eigenvalue weighted by atomic mass is 9.81. The summed E-state index contributed by atoms with van der Waals surface area (Å²) in [5.41, 5.74) is 6.21. The summed E-state index contributed by atoms with van der Waals surface area (Å²) in [4.78, 5) is 0. The first-order chi connectivity index (χ1) is 17.4. The fourth-order valence-corrected chi connectivity index (χ4v) is 5.29. The summed E-state index contributed by atoms with van der Waals surface area (Å²) in [7, 11) is 0. The highest BCUT2D eigenvalue weighted by molar-refractivity contribution is 5.53. The van der Waals surface area contributed by atoms with Gasteiger partial charge in [0, 0.05) is 6.42 Å². The molecule has 208 valence electrons. The largest absolute Gasteiger partial charge is 0.507 e. The maximum Gasteiger partial charge on any atom is 0.122 e. The molecule has 0 radical (unpaired) electrons. The van der Waals surface area contributed by atoms with E-state index in [9.17, 15) is 10.2 Å². The number of hydrogen-bond acceptors (Lipinski definition) is 2. The average Bonchev–Trinajstić information content (AvgIpc) is 2.80. The van der Waals surface area contributed by atoms with Gasteiger partial charge in [-0.3, -0.25) is 0 Å². The van der Waals surface area contributed by atoms with Crippen molar-refractivity contribution in [1.29, 1.82) is 0 Å². The van der Waals surface area contributed by atoms with Crippen LogP contribution in [0.2, 0.25) is 0 Å². The highest BCUT2D eigenvalue weighted by Crippen LogP contribution is 2.40. The third kappa shape index (κ3) is 9.69. The van der Waals surface area contributed by atoms with E-state index < -0.39 is 0 Å². The Morgan fingerprint density at radius 1 is 0.514 bits per heavy atom. The first-order valence-corrected chi connectivity index (χ1v) is 15.1. The molecule has 0 atom stereocenters. The zero-order valence-corrected chi connectivity index (χ0v) is 25.4. The van der Waals surface area contributed by atoms with Gasteiger partial charge in [0.25, 0.3) is 0 Å². The van der Waals surface area contributed by atoms with Crippen LogP contribution in [-0.4, -0.2) is 10.2 Å². The molecule has 2 nitrogen and oxygen atoms in total. The van der Waals surface area contributed by atoms with Crippen LogP contribution in [0.15, 0.2) is 24.3 Å². The molecule has 0 saturated heterocycles. The summed E-state index contributed by atoms with van der Waals surface area (Å²) in [5, 5.41) is 22.8. The van der Waals surface area contributed by atoms with Crippen LogP contribution in [0, 0.1) is 0 Å². The number of aromatic hydroxyl groups is 2. The fourth-order valence-electron chi connectivity index (χ4n) is 5.29. The van der Waals surface area contributed by atoms with Crippen molar-refractivity contribution in [3.63, 3.8) is 0 Å². The molecule has 0 aliphatic rings. The van der Waals surface area contributed by atoms with Gasteiger partial charge in [0.1, 0.15) is 11.5 Å². The third-order valence-electron chi connectivity index (χ3n) is 7.63. The van der Waals surface area contributed by atoms with E-state index in [0.29, 0.717) is 17.9 Å². The second-order valence-electron chi connectivity index (χ2n) is 13.3. The van der Waals surface area contributed by atoms with Crippen molar-refractivity contribution < 1.29 is 10.2 Å². The Kier molecular flexibility index (Phi) is 12.1. The summed E-state index contributed by atoms with van der Waals surface area (Å²) < 4.78 is 0. The minimum absolute atomic E-state index is 0.143. The van der Waals surface area contributed by atoms with E-state index in [-0.39, 0.29) is 10.8 Å². The number of benzene rings is 2. The minimum Gasteiger partial charge on any atom is -0.507 e. The molecule has 0 amide bonds. The highest BCUT2D eigenvalue weighted by Gasteiger charge is 2.24. The first-order valence-electron chi connectivity index (χ1n) is 15.1. The number of hydrogen-bond donors (Lipinski definition) is 2. The Morgan fingerprint density at radius 3 is 1.19 bits per heavy atom.